The minimum absolute atomic E-state index is 0.0765. The van der Waals surface area contributed by atoms with Gasteiger partial charge in [-0.2, -0.15) is 0 Å². The molecule has 0 saturated heterocycles. The molecular weight excluding hydrogens is 186 g/mol. The van der Waals surface area contributed by atoms with Gasteiger partial charge in [0.1, 0.15) is 0 Å². The van der Waals surface area contributed by atoms with E-state index in [1.165, 1.54) is 0 Å². The summed E-state index contributed by atoms with van der Waals surface area (Å²) in [7, 11) is 0. The van der Waals surface area contributed by atoms with Gasteiger partial charge in [0.2, 0.25) is 0 Å². The van der Waals surface area contributed by atoms with Crippen LogP contribution in [0.1, 0.15) is 54.9 Å². The SMILES string of the molecule is C=C(C)OC(C)CC(C)(C)NC(C)(C)C. The highest BCUT2D eigenvalue weighted by Gasteiger charge is 2.26. The molecule has 0 aliphatic rings. The molecule has 0 amide bonds. The van der Waals surface area contributed by atoms with Crippen LogP contribution in [0.2, 0.25) is 0 Å². The number of hydrogen-bond acceptors (Lipinski definition) is 2. The van der Waals surface area contributed by atoms with Crippen LogP contribution in [-0.2, 0) is 4.74 Å². The van der Waals surface area contributed by atoms with Crippen LogP contribution in [0, 0.1) is 0 Å². The molecule has 0 aromatic carbocycles. The van der Waals surface area contributed by atoms with Gasteiger partial charge in [0.05, 0.1) is 11.9 Å². The minimum Gasteiger partial charge on any atom is -0.496 e. The fourth-order valence-corrected chi connectivity index (χ4v) is 2.17. The highest BCUT2D eigenvalue weighted by Crippen LogP contribution is 2.18. The number of rotatable bonds is 5. The molecule has 1 atom stereocenters. The Labute approximate surface area is 95.1 Å². The zero-order valence-electron chi connectivity index (χ0n) is 11.4. The molecule has 0 heterocycles. The van der Waals surface area contributed by atoms with Crippen molar-refractivity contribution in [1.82, 2.24) is 5.32 Å². The Bertz CT molecular complexity index is 213. The first kappa shape index (κ1) is 14.5. The van der Waals surface area contributed by atoms with Gasteiger partial charge in [-0.3, -0.25) is 0 Å². The summed E-state index contributed by atoms with van der Waals surface area (Å²) >= 11 is 0. The van der Waals surface area contributed by atoms with E-state index >= 15 is 0 Å². The molecule has 0 radical (unpaired) electrons. The van der Waals surface area contributed by atoms with Crippen molar-refractivity contribution in [2.24, 2.45) is 0 Å². The predicted octanol–water partition coefficient (Wildman–Crippen LogP) is 3.48. The Balaban J connectivity index is 4.19. The Morgan fingerprint density at radius 1 is 1.27 bits per heavy atom. The van der Waals surface area contributed by atoms with Crippen LogP contribution in [0.4, 0.5) is 0 Å². The van der Waals surface area contributed by atoms with Gasteiger partial charge in [-0.05, 0) is 48.5 Å². The van der Waals surface area contributed by atoms with E-state index < -0.39 is 0 Å². The van der Waals surface area contributed by atoms with E-state index in [4.69, 9.17) is 4.74 Å². The Hall–Kier alpha value is -0.500. The highest BCUT2D eigenvalue weighted by molar-refractivity contribution is 4.88. The van der Waals surface area contributed by atoms with Gasteiger partial charge in [-0.15, -0.1) is 0 Å². The van der Waals surface area contributed by atoms with Crippen molar-refractivity contribution >= 4 is 0 Å². The van der Waals surface area contributed by atoms with E-state index in [1.54, 1.807) is 0 Å². The van der Waals surface area contributed by atoms with E-state index in [1.807, 2.05) is 6.92 Å². The third kappa shape index (κ3) is 8.49. The lowest BCUT2D eigenvalue weighted by Gasteiger charge is -2.36. The Morgan fingerprint density at radius 3 is 2.07 bits per heavy atom. The van der Waals surface area contributed by atoms with Crippen molar-refractivity contribution in [3.63, 3.8) is 0 Å². The molecule has 0 spiro atoms. The van der Waals surface area contributed by atoms with Crippen molar-refractivity contribution in [2.45, 2.75) is 72.1 Å². The molecule has 2 heteroatoms. The van der Waals surface area contributed by atoms with E-state index in [9.17, 15) is 0 Å². The third-order valence-electron chi connectivity index (χ3n) is 1.91. The number of hydrogen-bond donors (Lipinski definition) is 1. The fraction of sp³-hybridized carbons (Fsp3) is 0.846. The van der Waals surface area contributed by atoms with Crippen LogP contribution in [-0.4, -0.2) is 17.2 Å². The molecule has 0 bridgehead atoms. The standard InChI is InChI=1S/C13H27NO/c1-10(2)15-11(3)9-13(7,8)14-12(4,5)6/h11,14H,1,9H2,2-8H3. The molecule has 1 N–H and O–H groups in total. The maximum atomic E-state index is 5.57. The lowest BCUT2D eigenvalue weighted by molar-refractivity contribution is 0.0926. The maximum absolute atomic E-state index is 5.57. The topological polar surface area (TPSA) is 21.3 Å². The van der Waals surface area contributed by atoms with Gasteiger partial charge in [0, 0.05) is 17.5 Å². The summed E-state index contributed by atoms with van der Waals surface area (Å²) in [6.07, 6.45) is 1.17. The molecule has 0 rings (SSSR count). The first-order valence-electron chi connectivity index (χ1n) is 5.63. The highest BCUT2D eigenvalue weighted by atomic mass is 16.5. The predicted molar refractivity (Wildman–Crippen MR) is 66.9 cm³/mol. The van der Waals surface area contributed by atoms with E-state index in [0.29, 0.717) is 0 Å². The van der Waals surface area contributed by atoms with Gasteiger partial charge in [-0.25, -0.2) is 0 Å². The number of nitrogens with one attached hydrogen (secondary N) is 1. The molecule has 90 valence electrons. The smallest absolute Gasteiger partial charge is 0.0971 e. The van der Waals surface area contributed by atoms with Crippen LogP contribution >= 0.6 is 0 Å². The van der Waals surface area contributed by atoms with Crippen molar-refractivity contribution in [2.75, 3.05) is 0 Å². The van der Waals surface area contributed by atoms with Gasteiger partial charge in [0.25, 0.3) is 0 Å². The second-order valence-corrected chi connectivity index (χ2v) is 6.09. The van der Waals surface area contributed by atoms with Crippen LogP contribution in [0.25, 0.3) is 0 Å². The summed E-state index contributed by atoms with van der Waals surface area (Å²) in [5.74, 6) is 0.786. The summed E-state index contributed by atoms with van der Waals surface area (Å²) < 4.78 is 5.57. The van der Waals surface area contributed by atoms with E-state index in [-0.39, 0.29) is 17.2 Å². The maximum Gasteiger partial charge on any atom is 0.0971 e. The normalized spacial score (nSPS) is 14.9. The third-order valence-corrected chi connectivity index (χ3v) is 1.91. The molecule has 15 heavy (non-hydrogen) atoms. The molecule has 0 aromatic heterocycles. The zero-order valence-corrected chi connectivity index (χ0v) is 11.4. The molecule has 0 aliphatic carbocycles. The zero-order chi connectivity index (χ0) is 12.3. The van der Waals surface area contributed by atoms with Crippen molar-refractivity contribution < 1.29 is 4.74 Å². The summed E-state index contributed by atoms with van der Waals surface area (Å²) in [5, 5.41) is 3.59. The molecule has 0 saturated carbocycles. The summed E-state index contributed by atoms with van der Waals surface area (Å²) in [6, 6.07) is 0. The number of ether oxygens (including phenoxy) is 1. The van der Waals surface area contributed by atoms with E-state index in [2.05, 4.69) is 53.4 Å². The summed E-state index contributed by atoms with van der Waals surface area (Å²) in [4.78, 5) is 0. The second-order valence-electron chi connectivity index (χ2n) is 6.09. The van der Waals surface area contributed by atoms with Gasteiger partial charge in [0.15, 0.2) is 0 Å². The average Bonchev–Trinajstić information content (AvgIpc) is 1.73. The van der Waals surface area contributed by atoms with E-state index in [0.717, 1.165) is 12.2 Å². The first-order chi connectivity index (χ1) is 6.52. The average molecular weight is 213 g/mol. The monoisotopic (exact) mass is 213 g/mol. The molecular formula is C13H27NO. The van der Waals surface area contributed by atoms with Crippen molar-refractivity contribution in [3.8, 4) is 0 Å². The van der Waals surface area contributed by atoms with Crippen LogP contribution in [0.15, 0.2) is 12.3 Å². The van der Waals surface area contributed by atoms with Gasteiger partial charge >= 0.3 is 0 Å². The molecule has 1 unspecified atom stereocenters. The molecule has 0 aliphatic heterocycles. The Morgan fingerprint density at radius 2 is 1.73 bits per heavy atom. The van der Waals surface area contributed by atoms with Gasteiger partial charge in [-0.1, -0.05) is 6.58 Å². The Kier molecular flexibility index (Phi) is 4.85. The number of allylic oxidation sites excluding steroid dienone is 1. The van der Waals surface area contributed by atoms with Crippen molar-refractivity contribution in [1.29, 1.82) is 0 Å². The largest absolute Gasteiger partial charge is 0.496 e. The molecule has 0 aromatic rings. The van der Waals surface area contributed by atoms with Crippen molar-refractivity contribution in [3.05, 3.63) is 12.3 Å². The van der Waals surface area contributed by atoms with Crippen LogP contribution < -0.4 is 5.32 Å². The summed E-state index contributed by atoms with van der Waals surface area (Å²) in [5.41, 5.74) is 0.208. The lowest BCUT2D eigenvalue weighted by Crippen LogP contribution is -2.51. The molecule has 2 nitrogen and oxygen atoms in total. The summed E-state index contributed by atoms with van der Waals surface area (Å²) in [6.45, 7) is 18.7. The van der Waals surface area contributed by atoms with Crippen LogP contribution in [0.3, 0.4) is 0 Å². The van der Waals surface area contributed by atoms with Gasteiger partial charge < -0.3 is 10.1 Å². The lowest BCUT2D eigenvalue weighted by atomic mass is 9.93. The second kappa shape index (κ2) is 5.02. The quantitative estimate of drug-likeness (QED) is 0.706. The molecule has 0 fully saturated rings. The van der Waals surface area contributed by atoms with Crippen LogP contribution in [0.5, 0.6) is 0 Å². The first-order valence-corrected chi connectivity index (χ1v) is 5.63. The fourth-order valence-electron chi connectivity index (χ4n) is 2.17. The minimum atomic E-state index is 0.0765.